The molecule has 1 saturated heterocycles. The molecular weight excluding hydrogens is 500 g/mol. The molecule has 4 nitrogen and oxygen atoms in total. The van der Waals surface area contributed by atoms with Gasteiger partial charge in [0.1, 0.15) is 0 Å². The normalized spacial score (nSPS) is 17.7. The van der Waals surface area contributed by atoms with Crippen molar-refractivity contribution in [2.24, 2.45) is 0 Å². The van der Waals surface area contributed by atoms with E-state index in [1.807, 2.05) is 65.6 Å². The Bertz CT molecular complexity index is 1160. The zero-order valence-corrected chi connectivity index (χ0v) is 20.8. The van der Waals surface area contributed by atoms with Crippen molar-refractivity contribution in [2.45, 2.75) is 38.1 Å². The first-order valence-corrected chi connectivity index (χ1v) is 12.2. The van der Waals surface area contributed by atoms with Crippen molar-refractivity contribution in [1.29, 1.82) is 0 Å². The van der Waals surface area contributed by atoms with Gasteiger partial charge in [-0.2, -0.15) is 0 Å². The number of likely N-dealkylation sites (tertiary alicyclic amines) is 1. The minimum Gasteiger partial charge on any atom is -0.333 e. The first kappa shape index (κ1) is 23.5. The van der Waals surface area contributed by atoms with Crippen molar-refractivity contribution in [3.8, 4) is 0 Å². The van der Waals surface area contributed by atoms with E-state index < -0.39 is 0 Å². The average Bonchev–Trinajstić information content (AvgIpc) is 3.15. The Balaban J connectivity index is 1.46. The third kappa shape index (κ3) is 5.84. The van der Waals surface area contributed by atoms with Crippen LogP contribution in [0.1, 0.15) is 41.3 Å². The van der Waals surface area contributed by atoms with Crippen molar-refractivity contribution in [2.75, 3.05) is 11.9 Å². The van der Waals surface area contributed by atoms with E-state index in [0.29, 0.717) is 16.3 Å². The molecule has 1 aliphatic rings. The lowest BCUT2D eigenvalue weighted by molar-refractivity contribution is -0.115. The van der Waals surface area contributed by atoms with Crippen LogP contribution >= 0.6 is 27.5 Å². The van der Waals surface area contributed by atoms with Gasteiger partial charge in [0, 0.05) is 32.8 Å². The molecular formula is C27H26BrClN2O2. The summed E-state index contributed by atoms with van der Waals surface area (Å²) in [4.78, 5) is 27.9. The van der Waals surface area contributed by atoms with E-state index in [1.165, 1.54) is 0 Å². The molecule has 6 heteroatoms. The topological polar surface area (TPSA) is 49.4 Å². The predicted molar refractivity (Wildman–Crippen MR) is 137 cm³/mol. The van der Waals surface area contributed by atoms with Crippen LogP contribution in [0.25, 0.3) is 0 Å². The van der Waals surface area contributed by atoms with E-state index in [4.69, 9.17) is 11.6 Å². The van der Waals surface area contributed by atoms with Crippen LogP contribution in [0.2, 0.25) is 5.02 Å². The number of amides is 2. The summed E-state index contributed by atoms with van der Waals surface area (Å²) in [6.07, 6.45) is 2.93. The van der Waals surface area contributed by atoms with E-state index in [-0.39, 0.29) is 23.8 Å². The number of benzene rings is 3. The molecule has 3 aromatic carbocycles. The van der Waals surface area contributed by atoms with Gasteiger partial charge in [-0.15, -0.1) is 0 Å². The summed E-state index contributed by atoms with van der Waals surface area (Å²) in [5.74, 6) is -0.130. The van der Waals surface area contributed by atoms with E-state index in [1.54, 1.807) is 6.07 Å². The van der Waals surface area contributed by atoms with Gasteiger partial charge in [0.2, 0.25) is 5.91 Å². The maximum Gasteiger partial charge on any atom is 0.254 e. The molecule has 4 rings (SSSR count). The molecule has 0 saturated carbocycles. The Morgan fingerprint density at radius 1 is 1.03 bits per heavy atom. The highest BCUT2D eigenvalue weighted by Gasteiger charge is 2.40. The second kappa shape index (κ2) is 10.1. The van der Waals surface area contributed by atoms with E-state index >= 15 is 0 Å². The number of nitrogens with one attached hydrogen (secondary N) is 1. The Labute approximate surface area is 208 Å². The van der Waals surface area contributed by atoms with Gasteiger partial charge in [-0.3, -0.25) is 9.59 Å². The molecule has 1 heterocycles. The summed E-state index contributed by atoms with van der Waals surface area (Å²) >= 11 is 9.57. The number of hydrogen-bond donors (Lipinski definition) is 1. The molecule has 1 atom stereocenters. The number of nitrogens with zero attached hydrogens (tertiary/aromatic N) is 1. The quantitative estimate of drug-likeness (QED) is 0.398. The van der Waals surface area contributed by atoms with Gasteiger partial charge in [-0.1, -0.05) is 57.9 Å². The van der Waals surface area contributed by atoms with Crippen LogP contribution in [-0.4, -0.2) is 28.8 Å². The molecule has 3 aromatic rings. The van der Waals surface area contributed by atoms with Crippen LogP contribution < -0.4 is 5.32 Å². The molecule has 1 N–H and O–H groups in total. The fraction of sp³-hybridized carbons (Fsp3) is 0.259. The molecule has 170 valence electrons. The van der Waals surface area contributed by atoms with Crippen molar-refractivity contribution in [3.63, 3.8) is 0 Å². The molecule has 1 aliphatic heterocycles. The maximum absolute atomic E-state index is 13.5. The molecule has 0 spiro atoms. The second-order valence-corrected chi connectivity index (χ2v) is 10.1. The summed E-state index contributed by atoms with van der Waals surface area (Å²) < 4.78 is 0.974. The molecule has 0 bridgehead atoms. The molecule has 0 aliphatic carbocycles. The van der Waals surface area contributed by atoms with Crippen molar-refractivity contribution < 1.29 is 9.59 Å². The van der Waals surface area contributed by atoms with Gasteiger partial charge in [0.05, 0.1) is 6.42 Å². The number of hydrogen-bond acceptors (Lipinski definition) is 2. The maximum atomic E-state index is 13.5. The van der Waals surface area contributed by atoms with Crippen LogP contribution in [0, 0.1) is 0 Å². The van der Waals surface area contributed by atoms with Crippen LogP contribution in [0.4, 0.5) is 5.69 Å². The lowest BCUT2D eigenvalue weighted by Gasteiger charge is -2.36. The Hall–Kier alpha value is -2.63. The third-order valence-electron chi connectivity index (χ3n) is 6.14. The molecule has 33 heavy (non-hydrogen) atoms. The minimum absolute atomic E-state index is 0.0129. The van der Waals surface area contributed by atoms with Crippen LogP contribution in [0.15, 0.2) is 77.3 Å². The Morgan fingerprint density at radius 2 is 1.79 bits per heavy atom. The summed E-state index contributed by atoms with van der Waals surface area (Å²) in [5.41, 5.74) is 2.98. The fourth-order valence-corrected chi connectivity index (χ4v) is 5.00. The molecule has 1 unspecified atom stereocenters. The zero-order valence-electron chi connectivity index (χ0n) is 18.5. The van der Waals surface area contributed by atoms with Gasteiger partial charge in [-0.25, -0.2) is 0 Å². The number of rotatable bonds is 6. The zero-order chi connectivity index (χ0) is 23.4. The van der Waals surface area contributed by atoms with Crippen LogP contribution in [0.5, 0.6) is 0 Å². The predicted octanol–water partition coefficient (Wildman–Crippen LogP) is 6.52. The molecule has 2 amide bonds. The summed E-state index contributed by atoms with van der Waals surface area (Å²) in [6.45, 7) is 2.86. The number of carbonyl (C=O) groups is 2. The summed E-state index contributed by atoms with van der Waals surface area (Å²) in [5, 5.41) is 3.63. The van der Waals surface area contributed by atoms with E-state index in [2.05, 4.69) is 34.2 Å². The van der Waals surface area contributed by atoms with Gasteiger partial charge >= 0.3 is 0 Å². The highest BCUT2D eigenvalue weighted by atomic mass is 79.9. The Kier molecular flexibility index (Phi) is 7.20. The molecule has 0 radical (unpaired) electrons. The molecule has 1 fully saturated rings. The third-order valence-corrected chi connectivity index (χ3v) is 6.90. The summed E-state index contributed by atoms with van der Waals surface area (Å²) in [7, 11) is 0. The van der Waals surface area contributed by atoms with Crippen molar-refractivity contribution >= 4 is 45.0 Å². The van der Waals surface area contributed by atoms with Crippen molar-refractivity contribution in [1.82, 2.24) is 4.90 Å². The number of anilines is 1. The number of carbonyl (C=O) groups excluding carboxylic acids is 2. The van der Waals surface area contributed by atoms with E-state index in [0.717, 1.165) is 41.4 Å². The SMILES string of the molecule is CC1(Cc2cccc(Cl)c2)CCCN1C(=O)c1cccc(NC(=O)Cc2ccc(Br)cc2)c1. The standard InChI is InChI=1S/C27H26BrClN2O2/c1-27(18-20-5-2-7-23(29)15-20)13-4-14-31(27)26(33)21-6-3-8-24(17-21)30-25(32)16-19-9-11-22(28)12-10-19/h2-3,5-12,15,17H,4,13-14,16,18H2,1H3,(H,30,32). The van der Waals surface area contributed by atoms with Crippen LogP contribution in [-0.2, 0) is 17.6 Å². The lowest BCUT2D eigenvalue weighted by Crippen LogP contribution is -2.46. The van der Waals surface area contributed by atoms with E-state index in [9.17, 15) is 9.59 Å². The monoisotopic (exact) mass is 524 g/mol. The van der Waals surface area contributed by atoms with Crippen LogP contribution in [0.3, 0.4) is 0 Å². The van der Waals surface area contributed by atoms with Crippen molar-refractivity contribution in [3.05, 3.63) is 99.0 Å². The van der Waals surface area contributed by atoms with Gasteiger partial charge in [0.25, 0.3) is 5.91 Å². The fourth-order valence-electron chi connectivity index (χ4n) is 4.52. The average molecular weight is 526 g/mol. The first-order chi connectivity index (χ1) is 15.8. The first-order valence-electron chi connectivity index (χ1n) is 11.0. The minimum atomic E-state index is -0.275. The van der Waals surface area contributed by atoms with Gasteiger partial charge in [-0.05, 0) is 79.8 Å². The lowest BCUT2D eigenvalue weighted by atomic mass is 9.89. The summed E-state index contributed by atoms with van der Waals surface area (Å²) in [6, 6.07) is 22.7. The van der Waals surface area contributed by atoms with Gasteiger partial charge < -0.3 is 10.2 Å². The highest BCUT2D eigenvalue weighted by molar-refractivity contribution is 9.10. The number of halogens is 2. The highest BCUT2D eigenvalue weighted by Crippen LogP contribution is 2.34. The largest absolute Gasteiger partial charge is 0.333 e. The van der Waals surface area contributed by atoms with Gasteiger partial charge in [0.15, 0.2) is 0 Å². The second-order valence-electron chi connectivity index (χ2n) is 8.80. The Morgan fingerprint density at radius 3 is 2.55 bits per heavy atom. The molecule has 0 aromatic heterocycles. The smallest absolute Gasteiger partial charge is 0.254 e.